The van der Waals surface area contributed by atoms with Crippen molar-refractivity contribution in [2.75, 3.05) is 16.0 Å². The third-order valence-corrected chi connectivity index (χ3v) is 5.40. The van der Waals surface area contributed by atoms with Gasteiger partial charge >= 0.3 is 0 Å². The second-order valence-corrected chi connectivity index (χ2v) is 8.13. The van der Waals surface area contributed by atoms with Gasteiger partial charge < -0.3 is 16.0 Å². The fourth-order valence-electron chi connectivity index (χ4n) is 3.90. The van der Waals surface area contributed by atoms with Crippen LogP contribution in [-0.2, 0) is 4.79 Å². The minimum absolute atomic E-state index is 0.0968. The van der Waals surface area contributed by atoms with Crippen molar-refractivity contribution in [3.05, 3.63) is 60.0 Å². The number of anilines is 5. The van der Waals surface area contributed by atoms with Crippen molar-refractivity contribution in [2.45, 2.75) is 46.0 Å². The summed E-state index contributed by atoms with van der Waals surface area (Å²) in [5.74, 6) is 3.38. The van der Waals surface area contributed by atoms with E-state index in [0.717, 1.165) is 22.8 Å². The molecule has 1 amide bonds. The van der Waals surface area contributed by atoms with E-state index >= 15 is 0 Å². The van der Waals surface area contributed by atoms with E-state index < -0.39 is 0 Å². The molecule has 1 fully saturated rings. The van der Waals surface area contributed by atoms with E-state index in [1.54, 1.807) is 6.20 Å². The Bertz CT molecular complexity index is 1040. The van der Waals surface area contributed by atoms with Crippen molar-refractivity contribution in [3.8, 4) is 0 Å². The lowest BCUT2D eigenvalue weighted by molar-refractivity contribution is -0.117. The SMILES string of the molecule is Cc1ccnc(Nc2cc(Nc3ccc(NC(=O)CC4CCCC4)cc3)nc(C)n2)c1. The van der Waals surface area contributed by atoms with Crippen molar-refractivity contribution >= 4 is 34.7 Å². The fraction of sp³-hybridized carbons (Fsp3) is 0.333. The molecule has 4 rings (SSSR count). The Morgan fingerprint density at radius 2 is 1.58 bits per heavy atom. The number of nitrogens with zero attached hydrogens (tertiary/aromatic N) is 3. The molecule has 31 heavy (non-hydrogen) atoms. The maximum atomic E-state index is 12.2. The van der Waals surface area contributed by atoms with Crippen molar-refractivity contribution in [2.24, 2.45) is 5.92 Å². The highest BCUT2D eigenvalue weighted by Gasteiger charge is 2.18. The maximum absolute atomic E-state index is 12.2. The van der Waals surface area contributed by atoms with E-state index in [9.17, 15) is 4.79 Å². The average Bonchev–Trinajstić information content (AvgIpc) is 3.22. The number of carbonyl (C=O) groups excluding carboxylic acids is 1. The molecule has 0 unspecified atom stereocenters. The van der Waals surface area contributed by atoms with Crippen molar-refractivity contribution in [1.29, 1.82) is 0 Å². The molecule has 7 heteroatoms. The standard InChI is InChI=1S/C24H28N6O/c1-16-11-12-25-21(13-16)30-23-15-22(26-17(2)27-23)28-19-7-9-20(10-8-19)29-24(31)14-18-5-3-4-6-18/h7-13,15,18H,3-6,14H2,1-2H3,(H,29,31)(H2,25,26,27,28,30). The monoisotopic (exact) mass is 416 g/mol. The minimum atomic E-state index is 0.0968. The van der Waals surface area contributed by atoms with Gasteiger partial charge in [0.05, 0.1) is 0 Å². The van der Waals surface area contributed by atoms with Crippen LogP contribution >= 0.6 is 0 Å². The van der Waals surface area contributed by atoms with Crippen LogP contribution in [0.3, 0.4) is 0 Å². The Morgan fingerprint density at radius 3 is 2.29 bits per heavy atom. The number of carbonyl (C=O) groups is 1. The molecule has 1 aliphatic carbocycles. The van der Waals surface area contributed by atoms with Gasteiger partial charge in [-0.2, -0.15) is 0 Å². The third kappa shape index (κ3) is 6.01. The average molecular weight is 417 g/mol. The molecule has 0 aliphatic heterocycles. The number of amides is 1. The highest BCUT2D eigenvalue weighted by Crippen LogP contribution is 2.28. The van der Waals surface area contributed by atoms with Gasteiger partial charge in [0.25, 0.3) is 0 Å². The molecule has 0 spiro atoms. The van der Waals surface area contributed by atoms with E-state index in [1.807, 2.05) is 56.3 Å². The van der Waals surface area contributed by atoms with Crippen LogP contribution in [0.25, 0.3) is 0 Å². The number of hydrogen-bond acceptors (Lipinski definition) is 6. The molecule has 3 aromatic rings. The van der Waals surface area contributed by atoms with Crippen molar-refractivity contribution in [3.63, 3.8) is 0 Å². The minimum Gasteiger partial charge on any atom is -0.340 e. The summed E-state index contributed by atoms with van der Waals surface area (Å²) in [6, 6.07) is 13.4. The van der Waals surface area contributed by atoms with Crippen molar-refractivity contribution in [1.82, 2.24) is 15.0 Å². The first-order valence-electron chi connectivity index (χ1n) is 10.8. The van der Waals surface area contributed by atoms with Crippen LogP contribution in [0.15, 0.2) is 48.7 Å². The third-order valence-electron chi connectivity index (χ3n) is 5.40. The molecule has 160 valence electrons. The quantitative estimate of drug-likeness (QED) is 0.471. The Balaban J connectivity index is 1.38. The number of pyridine rings is 1. The summed E-state index contributed by atoms with van der Waals surface area (Å²) in [7, 11) is 0. The molecule has 3 N–H and O–H groups in total. The molecule has 2 aromatic heterocycles. The number of hydrogen-bond donors (Lipinski definition) is 3. The van der Waals surface area contributed by atoms with E-state index in [2.05, 4.69) is 30.9 Å². The molecule has 0 bridgehead atoms. The molecule has 1 saturated carbocycles. The van der Waals surface area contributed by atoms with Crippen LogP contribution in [0.4, 0.5) is 28.8 Å². The van der Waals surface area contributed by atoms with Gasteiger partial charge in [0.1, 0.15) is 23.3 Å². The molecule has 7 nitrogen and oxygen atoms in total. The zero-order valence-electron chi connectivity index (χ0n) is 18.0. The van der Waals surface area contributed by atoms with Crippen LogP contribution in [0.2, 0.25) is 0 Å². The first kappa shape index (κ1) is 20.8. The predicted octanol–water partition coefficient (Wildman–Crippen LogP) is 5.49. The van der Waals surface area contributed by atoms with E-state index in [4.69, 9.17) is 0 Å². The Hall–Kier alpha value is -3.48. The second kappa shape index (κ2) is 9.55. The molecule has 0 radical (unpaired) electrons. The Morgan fingerprint density at radius 1 is 0.903 bits per heavy atom. The normalized spacial score (nSPS) is 13.7. The second-order valence-electron chi connectivity index (χ2n) is 8.13. The van der Waals surface area contributed by atoms with Gasteiger partial charge in [0, 0.05) is 30.1 Å². The highest BCUT2D eigenvalue weighted by molar-refractivity contribution is 5.91. The zero-order valence-corrected chi connectivity index (χ0v) is 18.0. The van der Waals surface area contributed by atoms with Crippen LogP contribution in [0.1, 0.15) is 43.5 Å². The summed E-state index contributed by atoms with van der Waals surface area (Å²) in [6.07, 6.45) is 7.22. The summed E-state index contributed by atoms with van der Waals surface area (Å²) in [5.41, 5.74) is 2.81. The molecule has 1 aliphatic rings. The van der Waals surface area contributed by atoms with Crippen molar-refractivity contribution < 1.29 is 4.79 Å². The predicted molar refractivity (Wildman–Crippen MR) is 124 cm³/mol. The lowest BCUT2D eigenvalue weighted by Gasteiger charge is -2.12. The van der Waals surface area contributed by atoms with Gasteiger partial charge in [0.15, 0.2) is 0 Å². The lowest BCUT2D eigenvalue weighted by atomic mass is 10.0. The van der Waals surface area contributed by atoms with E-state index in [1.165, 1.54) is 25.7 Å². The molecule has 0 saturated heterocycles. The zero-order chi connectivity index (χ0) is 21.6. The van der Waals surface area contributed by atoms with Gasteiger partial charge in [-0.25, -0.2) is 15.0 Å². The fourth-order valence-corrected chi connectivity index (χ4v) is 3.90. The number of aryl methyl sites for hydroxylation is 2. The largest absolute Gasteiger partial charge is 0.340 e. The smallest absolute Gasteiger partial charge is 0.224 e. The van der Waals surface area contributed by atoms with Gasteiger partial charge in [-0.15, -0.1) is 0 Å². The summed E-state index contributed by atoms with van der Waals surface area (Å²) < 4.78 is 0. The molecule has 0 atom stereocenters. The first-order valence-corrected chi connectivity index (χ1v) is 10.8. The van der Waals surface area contributed by atoms with Crippen LogP contribution in [0, 0.1) is 19.8 Å². The summed E-state index contributed by atoms with van der Waals surface area (Å²) in [4.78, 5) is 25.5. The van der Waals surface area contributed by atoms with Gasteiger partial charge in [-0.3, -0.25) is 4.79 Å². The number of nitrogens with one attached hydrogen (secondary N) is 3. The summed E-state index contributed by atoms with van der Waals surface area (Å²) >= 11 is 0. The Labute approximate surface area is 182 Å². The lowest BCUT2D eigenvalue weighted by Crippen LogP contribution is -2.15. The molecule has 1 aromatic carbocycles. The summed E-state index contributed by atoms with van der Waals surface area (Å²) in [5, 5.41) is 9.52. The van der Waals surface area contributed by atoms with E-state index in [-0.39, 0.29) is 5.91 Å². The van der Waals surface area contributed by atoms with Crippen LogP contribution < -0.4 is 16.0 Å². The number of benzene rings is 1. The summed E-state index contributed by atoms with van der Waals surface area (Å²) in [6.45, 7) is 3.87. The topological polar surface area (TPSA) is 91.8 Å². The Kier molecular flexibility index (Phi) is 6.40. The van der Waals surface area contributed by atoms with Gasteiger partial charge in [-0.1, -0.05) is 12.8 Å². The van der Waals surface area contributed by atoms with Crippen LogP contribution in [-0.4, -0.2) is 20.9 Å². The van der Waals surface area contributed by atoms with E-state index in [0.29, 0.717) is 29.8 Å². The van der Waals surface area contributed by atoms with Crippen LogP contribution in [0.5, 0.6) is 0 Å². The number of rotatable bonds is 7. The maximum Gasteiger partial charge on any atom is 0.224 e. The van der Waals surface area contributed by atoms with Gasteiger partial charge in [-0.05, 0) is 74.6 Å². The molecular formula is C24H28N6O. The number of aromatic nitrogens is 3. The first-order chi connectivity index (χ1) is 15.0. The highest BCUT2D eigenvalue weighted by atomic mass is 16.1. The molecular weight excluding hydrogens is 388 g/mol. The van der Waals surface area contributed by atoms with Gasteiger partial charge in [0.2, 0.25) is 5.91 Å². The molecule has 2 heterocycles.